The average Bonchev–Trinajstić information content (AvgIpc) is 2.90. The van der Waals surface area contributed by atoms with E-state index in [-0.39, 0.29) is 18.1 Å². The summed E-state index contributed by atoms with van der Waals surface area (Å²) in [5.41, 5.74) is 0.294. The van der Waals surface area contributed by atoms with Crippen molar-refractivity contribution in [1.82, 2.24) is 10.3 Å². The predicted octanol–water partition coefficient (Wildman–Crippen LogP) is 3.52. The quantitative estimate of drug-likeness (QED) is 0.627. The highest BCUT2D eigenvalue weighted by molar-refractivity contribution is 5.12. The van der Waals surface area contributed by atoms with Crippen LogP contribution >= 0.6 is 0 Å². The van der Waals surface area contributed by atoms with Gasteiger partial charge in [-0.2, -0.15) is 4.39 Å². The fourth-order valence-corrected chi connectivity index (χ4v) is 5.91. The van der Waals surface area contributed by atoms with Gasteiger partial charge in [0, 0.05) is 31.0 Å². The molecule has 28 heavy (non-hydrogen) atoms. The van der Waals surface area contributed by atoms with Gasteiger partial charge in [0.2, 0.25) is 11.7 Å². The maximum atomic E-state index is 13.4. The number of nitrogens with zero attached hydrogens (tertiary/aromatic N) is 1. The Hall–Kier alpha value is -1.12. The first kappa shape index (κ1) is 18.9. The highest BCUT2D eigenvalue weighted by Crippen LogP contribution is 2.60. The molecule has 5 fully saturated rings. The highest BCUT2D eigenvalue weighted by atomic mass is 19.1. The van der Waals surface area contributed by atoms with Gasteiger partial charge in [-0.1, -0.05) is 13.8 Å². The van der Waals surface area contributed by atoms with Crippen LogP contribution in [0.15, 0.2) is 18.3 Å². The normalized spacial score (nSPS) is 47.4. The minimum absolute atomic E-state index is 0.197. The number of halogens is 1. The zero-order valence-corrected chi connectivity index (χ0v) is 16.7. The van der Waals surface area contributed by atoms with Crippen LogP contribution in [0.1, 0.15) is 52.0 Å². The van der Waals surface area contributed by atoms with E-state index in [0.717, 1.165) is 24.8 Å². The summed E-state index contributed by atoms with van der Waals surface area (Å²) in [6.45, 7) is 6.95. The summed E-state index contributed by atoms with van der Waals surface area (Å²) in [4.78, 5) is 15.6. The van der Waals surface area contributed by atoms with Gasteiger partial charge in [-0.3, -0.25) is 5.32 Å². The fraction of sp³-hybridized carbons (Fsp3) is 0.762. The molecular weight excluding hydrogens is 363 g/mol. The van der Waals surface area contributed by atoms with E-state index < -0.39 is 23.6 Å². The predicted molar refractivity (Wildman–Crippen MR) is 97.9 cm³/mol. The van der Waals surface area contributed by atoms with Crippen molar-refractivity contribution in [3.63, 3.8) is 0 Å². The molecule has 1 spiro atoms. The number of hydrogen-bond donors (Lipinski definition) is 1. The smallest absolute Gasteiger partial charge is 0.213 e. The Morgan fingerprint density at radius 1 is 1.21 bits per heavy atom. The number of nitrogens with one attached hydrogen (secondary N) is 1. The summed E-state index contributed by atoms with van der Waals surface area (Å²) in [6.07, 6.45) is 4.89. The van der Waals surface area contributed by atoms with Crippen LogP contribution < -0.4 is 5.32 Å². The Kier molecular flexibility index (Phi) is 4.52. The average molecular weight is 392 g/mol. The number of fused-ring (bicyclic) bond motifs is 2. The van der Waals surface area contributed by atoms with Crippen molar-refractivity contribution in [3.8, 4) is 0 Å². The molecule has 154 valence electrons. The van der Waals surface area contributed by atoms with Crippen molar-refractivity contribution in [3.05, 3.63) is 29.8 Å². The van der Waals surface area contributed by atoms with E-state index in [1.807, 2.05) is 13.0 Å². The molecule has 0 amide bonds. The third-order valence-corrected chi connectivity index (χ3v) is 7.46. The summed E-state index contributed by atoms with van der Waals surface area (Å²) in [6, 6.07) is 3.26. The van der Waals surface area contributed by atoms with Crippen molar-refractivity contribution in [1.29, 1.82) is 0 Å². The molecule has 7 heteroatoms. The minimum atomic E-state index is -0.767. The number of hydrogen-bond acceptors (Lipinski definition) is 6. The van der Waals surface area contributed by atoms with Gasteiger partial charge in [0.1, 0.15) is 6.23 Å². The first-order valence-electron chi connectivity index (χ1n) is 10.5. The van der Waals surface area contributed by atoms with Crippen molar-refractivity contribution < 1.29 is 23.6 Å². The van der Waals surface area contributed by atoms with Gasteiger partial charge in [0.05, 0.1) is 0 Å². The van der Waals surface area contributed by atoms with Gasteiger partial charge in [0.25, 0.3) is 0 Å². The zero-order chi connectivity index (χ0) is 19.5. The summed E-state index contributed by atoms with van der Waals surface area (Å²) in [5.74, 6) is 0.165. The van der Waals surface area contributed by atoms with Crippen molar-refractivity contribution in [2.75, 3.05) is 0 Å². The summed E-state index contributed by atoms with van der Waals surface area (Å²) < 4.78 is 26.2. The standard InChI is InChI=1S/C21H29FN2O4/c1-12-4-5-16-13(2)18(24-11-14-7-9-23-17(22)10-14)25-19-21(16)15(12)6-8-20(3,26-19)27-28-21/h7,9-10,12-13,15-16,18-19,24H,4-6,8,11H2,1-3H3/t12-,13-,15+,16+,18-,19-,20-,21-/m1/s1. The molecule has 0 unspecified atom stereocenters. The Labute approximate surface area is 165 Å². The van der Waals surface area contributed by atoms with Crippen molar-refractivity contribution in [2.45, 2.75) is 76.9 Å². The van der Waals surface area contributed by atoms with Crippen LogP contribution in [-0.4, -0.2) is 28.9 Å². The molecule has 0 aromatic carbocycles. The number of aromatic nitrogens is 1. The molecule has 1 aromatic rings. The molecule has 0 radical (unpaired) electrons. The van der Waals surface area contributed by atoms with E-state index in [4.69, 9.17) is 19.2 Å². The lowest BCUT2D eigenvalue weighted by molar-refractivity contribution is -0.571. The van der Waals surface area contributed by atoms with E-state index in [0.29, 0.717) is 18.4 Å². The van der Waals surface area contributed by atoms with Crippen LogP contribution in [-0.2, 0) is 25.8 Å². The Bertz CT molecular complexity index is 751. The maximum absolute atomic E-state index is 13.4. The first-order valence-corrected chi connectivity index (χ1v) is 10.5. The lowest BCUT2D eigenvalue weighted by atomic mass is 9.58. The van der Waals surface area contributed by atoms with E-state index in [1.54, 1.807) is 0 Å². The van der Waals surface area contributed by atoms with E-state index >= 15 is 0 Å². The Balaban J connectivity index is 1.41. The van der Waals surface area contributed by atoms with Crippen LogP contribution in [0.25, 0.3) is 0 Å². The monoisotopic (exact) mass is 392 g/mol. The lowest BCUT2D eigenvalue weighted by Crippen LogP contribution is -2.71. The fourth-order valence-electron chi connectivity index (χ4n) is 5.91. The van der Waals surface area contributed by atoms with Gasteiger partial charge in [0.15, 0.2) is 11.9 Å². The second-order valence-electron chi connectivity index (χ2n) is 9.19. The number of pyridine rings is 1. The molecule has 1 N–H and O–H groups in total. The minimum Gasteiger partial charge on any atom is -0.331 e. The van der Waals surface area contributed by atoms with E-state index in [2.05, 4.69) is 24.1 Å². The molecule has 8 atom stereocenters. The molecule has 5 aliphatic rings. The van der Waals surface area contributed by atoms with Crippen LogP contribution in [0.5, 0.6) is 0 Å². The number of ether oxygens (including phenoxy) is 2. The summed E-state index contributed by atoms with van der Waals surface area (Å²) >= 11 is 0. The topological polar surface area (TPSA) is 61.8 Å². The highest BCUT2D eigenvalue weighted by Gasteiger charge is 2.69. The van der Waals surface area contributed by atoms with Crippen molar-refractivity contribution in [2.24, 2.45) is 23.7 Å². The molecule has 4 aliphatic heterocycles. The molecule has 2 bridgehead atoms. The van der Waals surface area contributed by atoms with Gasteiger partial charge >= 0.3 is 0 Å². The van der Waals surface area contributed by atoms with Crippen LogP contribution in [0.4, 0.5) is 4.39 Å². The Morgan fingerprint density at radius 2 is 2.07 bits per heavy atom. The largest absolute Gasteiger partial charge is 0.331 e. The summed E-state index contributed by atoms with van der Waals surface area (Å²) in [7, 11) is 0. The van der Waals surface area contributed by atoms with Gasteiger partial charge in [-0.25, -0.2) is 14.8 Å². The van der Waals surface area contributed by atoms with Gasteiger partial charge in [-0.15, -0.1) is 0 Å². The van der Waals surface area contributed by atoms with Crippen LogP contribution in [0.3, 0.4) is 0 Å². The second kappa shape index (κ2) is 6.71. The SMILES string of the molecule is C[C@H]1[C@H](NCc2ccnc(F)c2)O[C@@H]2O[C@@]3(C)CC[C@H]4[C@H](C)CC[C@@H]1[C@@]24OO3. The van der Waals surface area contributed by atoms with Crippen LogP contribution in [0.2, 0.25) is 0 Å². The molecular formula is C21H29FN2O4. The molecule has 1 saturated carbocycles. The lowest BCUT2D eigenvalue weighted by Gasteiger charge is -2.60. The first-order chi connectivity index (χ1) is 13.4. The second-order valence-corrected chi connectivity index (χ2v) is 9.19. The molecule has 1 aromatic heterocycles. The van der Waals surface area contributed by atoms with E-state index in [9.17, 15) is 4.39 Å². The zero-order valence-electron chi connectivity index (χ0n) is 16.7. The van der Waals surface area contributed by atoms with Crippen molar-refractivity contribution >= 4 is 0 Å². The molecule has 6 nitrogen and oxygen atoms in total. The molecule has 1 aliphatic carbocycles. The molecule has 6 rings (SSSR count). The van der Waals surface area contributed by atoms with Gasteiger partial charge < -0.3 is 9.47 Å². The maximum Gasteiger partial charge on any atom is 0.213 e. The molecule has 5 heterocycles. The van der Waals surface area contributed by atoms with Gasteiger partial charge in [-0.05, 0) is 55.7 Å². The summed E-state index contributed by atoms with van der Waals surface area (Å²) in [5, 5.41) is 3.46. The Morgan fingerprint density at radius 3 is 2.89 bits per heavy atom. The number of rotatable bonds is 3. The van der Waals surface area contributed by atoms with E-state index in [1.165, 1.54) is 18.7 Å². The van der Waals surface area contributed by atoms with Crippen LogP contribution in [0, 0.1) is 29.6 Å². The third-order valence-electron chi connectivity index (χ3n) is 7.46. The third kappa shape index (κ3) is 2.82. The molecule has 4 saturated heterocycles.